The first-order valence-electron chi connectivity index (χ1n) is 6.28. The van der Waals surface area contributed by atoms with E-state index in [0.717, 1.165) is 24.2 Å². The van der Waals surface area contributed by atoms with Crippen molar-refractivity contribution >= 4 is 11.6 Å². The second kappa shape index (κ2) is 5.08. The molecular formula is C14H20N2O2. The van der Waals surface area contributed by atoms with Gasteiger partial charge in [-0.25, -0.2) is 0 Å². The molecule has 0 spiro atoms. The molecule has 1 aliphatic rings. The van der Waals surface area contributed by atoms with Crippen molar-refractivity contribution in [2.75, 3.05) is 18.5 Å². The number of amides is 1. The average molecular weight is 248 g/mol. The molecule has 0 saturated carbocycles. The van der Waals surface area contributed by atoms with Crippen LogP contribution in [-0.2, 0) is 17.6 Å². The van der Waals surface area contributed by atoms with Crippen LogP contribution in [0.2, 0.25) is 0 Å². The fourth-order valence-corrected chi connectivity index (χ4v) is 2.04. The van der Waals surface area contributed by atoms with Crippen molar-refractivity contribution in [3.63, 3.8) is 0 Å². The molecule has 0 unspecified atom stereocenters. The highest BCUT2D eigenvalue weighted by atomic mass is 16.3. The third-order valence-electron chi connectivity index (χ3n) is 3.21. The Kier molecular flexibility index (Phi) is 3.68. The lowest BCUT2D eigenvalue weighted by Gasteiger charge is -2.23. The summed E-state index contributed by atoms with van der Waals surface area (Å²) in [4.78, 5) is 11.2. The van der Waals surface area contributed by atoms with Gasteiger partial charge in [-0.1, -0.05) is 12.1 Å². The standard InChI is InChI=1S/C14H20N2O2/c1-14(2,9-17)15-6-5-10-3-4-12-11(7-10)8-13(18)16-12/h3-4,7,15,17H,5-6,8-9H2,1-2H3,(H,16,18). The van der Waals surface area contributed by atoms with E-state index in [1.165, 1.54) is 5.56 Å². The van der Waals surface area contributed by atoms with Crippen molar-refractivity contribution in [1.82, 2.24) is 5.32 Å². The number of rotatable bonds is 5. The van der Waals surface area contributed by atoms with Crippen molar-refractivity contribution in [2.45, 2.75) is 32.2 Å². The fourth-order valence-electron chi connectivity index (χ4n) is 2.04. The Hall–Kier alpha value is -1.39. The minimum absolute atomic E-state index is 0.0710. The Labute approximate surface area is 107 Å². The molecule has 98 valence electrons. The van der Waals surface area contributed by atoms with E-state index in [9.17, 15) is 4.79 Å². The number of aliphatic hydroxyl groups is 1. The average Bonchev–Trinajstić information content (AvgIpc) is 2.68. The Morgan fingerprint density at radius 1 is 1.44 bits per heavy atom. The lowest BCUT2D eigenvalue weighted by Crippen LogP contribution is -2.43. The van der Waals surface area contributed by atoms with Gasteiger partial charge in [0.15, 0.2) is 0 Å². The van der Waals surface area contributed by atoms with Crippen LogP contribution in [0.3, 0.4) is 0 Å². The summed E-state index contributed by atoms with van der Waals surface area (Å²) >= 11 is 0. The van der Waals surface area contributed by atoms with Crippen LogP contribution in [0.25, 0.3) is 0 Å². The first-order chi connectivity index (χ1) is 8.50. The molecular weight excluding hydrogens is 228 g/mol. The third-order valence-corrected chi connectivity index (χ3v) is 3.21. The molecule has 0 fully saturated rings. The molecule has 1 aromatic rings. The van der Waals surface area contributed by atoms with Gasteiger partial charge in [0.2, 0.25) is 5.91 Å². The van der Waals surface area contributed by atoms with Gasteiger partial charge in [0.1, 0.15) is 0 Å². The van der Waals surface area contributed by atoms with Crippen molar-refractivity contribution in [2.24, 2.45) is 0 Å². The van der Waals surface area contributed by atoms with Crippen LogP contribution in [0, 0.1) is 0 Å². The zero-order valence-electron chi connectivity index (χ0n) is 10.9. The van der Waals surface area contributed by atoms with Crippen LogP contribution in [0.15, 0.2) is 18.2 Å². The molecule has 18 heavy (non-hydrogen) atoms. The summed E-state index contributed by atoms with van der Waals surface area (Å²) in [5.74, 6) is 0.0710. The van der Waals surface area contributed by atoms with E-state index in [2.05, 4.69) is 16.7 Å². The number of anilines is 1. The maximum atomic E-state index is 11.2. The van der Waals surface area contributed by atoms with Gasteiger partial charge in [0.05, 0.1) is 13.0 Å². The number of hydrogen-bond acceptors (Lipinski definition) is 3. The number of benzene rings is 1. The van der Waals surface area contributed by atoms with Crippen LogP contribution in [0.1, 0.15) is 25.0 Å². The Morgan fingerprint density at radius 3 is 2.94 bits per heavy atom. The summed E-state index contributed by atoms with van der Waals surface area (Å²) < 4.78 is 0. The number of nitrogens with one attached hydrogen (secondary N) is 2. The number of aliphatic hydroxyl groups excluding tert-OH is 1. The number of carbonyl (C=O) groups excluding carboxylic acids is 1. The van der Waals surface area contributed by atoms with Gasteiger partial charge >= 0.3 is 0 Å². The minimum Gasteiger partial charge on any atom is -0.394 e. The van der Waals surface area contributed by atoms with E-state index < -0.39 is 0 Å². The summed E-state index contributed by atoms with van der Waals surface area (Å²) in [6.45, 7) is 4.87. The molecule has 1 aliphatic heterocycles. The highest BCUT2D eigenvalue weighted by molar-refractivity contribution is 5.99. The fraction of sp³-hybridized carbons (Fsp3) is 0.500. The van der Waals surface area contributed by atoms with Gasteiger partial charge in [-0.05, 0) is 44.0 Å². The molecule has 4 heteroatoms. The lowest BCUT2D eigenvalue weighted by molar-refractivity contribution is -0.115. The molecule has 3 N–H and O–H groups in total. The van der Waals surface area contributed by atoms with Gasteiger partial charge < -0.3 is 15.7 Å². The number of carbonyl (C=O) groups is 1. The van der Waals surface area contributed by atoms with E-state index in [4.69, 9.17) is 5.11 Å². The highest BCUT2D eigenvalue weighted by Crippen LogP contribution is 2.23. The molecule has 2 rings (SSSR count). The minimum atomic E-state index is -0.242. The molecule has 0 saturated heterocycles. The van der Waals surface area contributed by atoms with Crippen LogP contribution in [-0.4, -0.2) is 29.7 Å². The maximum Gasteiger partial charge on any atom is 0.228 e. The van der Waals surface area contributed by atoms with E-state index in [0.29, 0.717) is 6.42 Å². The van der Waals surface area contributed by atoms with Crippen molar-refractivity contribution < 1.29 is 9.90 Å². The van der Waals surface area contributed by atoms with Gasteiger partial charge in [0.25, 0.3) is 0 Å². The summed E-state index contributed by atoms with van der Waals surface area (Å²) in [6, 6.07) is 6.09. The monoisotopic (exact) mass is 248 g/mol. The molecule has 1 aromatic carbocycles. The Balaban J connectivity index is 1.92. The van der Waals surface area contributed by atoms with Crippen LogP contribution in [0.5, 0.6) is 0 Å². The third kappa shape index (κ3) is 3.09. The number of fused-ring (bicyclic) bond motifs is 1. The van der Waals surface area contributed by atoms with Crippen LogP contribution >= 0.6 is 0 Å². The normalized spacial score (nSPS) is 14.5. The maximum absolute atomic E-state index is 11.2. The summed E-state index contributed by atoms with van der Waals surface area (Å²) in [7, 11) is 0. The van der Waals surface area contributed by atoms with E-state index in [1.807, 2.05) is 26.0 Å². The lowest BCUT2D eigenvalue weighted by atomic mass is 10.0. The van der Waals surface area contributed by atoms with Gasteiger partial charge in [-0.3, -0.25) is 4.79 Å². The molecule has 0 radical (unpaired) electrons. The van der Waals surface area contributed by atoms with E-state index >= 15 is 0 Å². The largest absolute Gasteiger partial charge is 0.394 e. The molecule has 0 bridgehead atoms. The van der Waals surface area contributed by atoms with Gasteiger partial charge in [-0.15, -0.1) is 0 Å². The predicted octanol–water partition coefficient (Wildman–Crippen LogP) is 1.08. The Morgan fingerprint density at radius 2 is 2.22 bits per heavy atom. The second-order valence-corrected chi connectivity index (χ2v) is 5.44. The smallest absolute Gasteiger partial charge is 0.228 e. The van der Waals surface area contributed by atoms with Crippen LogP contribution in [0.4, 0.5) is 5.69 Å². The highest BCUT2D eigenvalue weighted by Gasteiger charge is 2.18. The summed E-state index contributed by atoms with van der Waals surface area (Å²) in [5.41, 5.74) is 2.99. The molecule has 0 aromatic heterocycles. The first kappa shape index (κ1) is 13.1. The van der Waals surface area contributed by atoms with Crippen molar-refractivity contribution in [3.8, 4) is 0 Å². The molecule has 4 nitrogen and oxygen atoms in total. The molecule has 1 heterocycles. The first-order valence-corrected chi connectivity index (χ1v) is 6.28. The zero-order valence-corrected chi connectivity index (χ0v) is 10.9. The number of hydrogen-bond donors (Lipinski definition) is 3. The zero-order chi connectivity index (χ0) is 13.2. The molecule has 0 atom stereocenters. The van der Waals surface area contributed by atoms with Gasteiger partial charge in [0, 0.05) is 11.2 Å². The van der Waals surface area contributed by atoms with Crippen LogP contribution < -0.4 is 10.6 Å². The molecule has 1 amide bonds. The van der Waals surface area contributed by atoms with E-state index in [1.54, 1.807) is 0 Å². The summed E-state index contributed by atoms with van der Waals surface area (Å²) in [5, 5.41) is 15.3. The van der Waals surface area contributed by atoms with Gasteiger partial charge in [-0.2, -0.15) is 0 Å². The quantitative estimate of drug-likeness (QED) is 0.731. The predicted molar refractivity (Wildman–Crippen MR) is 71.6 cm³/mol. The van der Waals surface area contributed by atoms with Crippen molar-refractivity contribution in [3.05, 3.63) is 29.3 Å². The SMILES string of the molecule is CC(C)(CO)NCCc1ccc2c(c1)CC(=O)N2. The molecule has 0 aliphatic carbocycles. The Bertz CT molecular complexity index is 455. The second-order valence-electron chi connectivity index (χ2n) is 5.44. The van der Waals surface area contributed by atoms with Crippen molar-refractivity contribution in [1.29, 1.82) is 0 Å². The topological polar surface area (TPSA) is 61.4 Å². The summed E-state index contributed by atoms with van der Waals surface area (Å²) in [6.07, 6.45) is 1.38. The van der Waals surface area contributed by atoms with E-state index in [-0.39, 0.29) is 18.1 Å².